The van der Waals surface area contributed by atoms with E-state index in [4.69, 9.17) is 5.73 Å². The highest BCUT2D eigenvalue weighted by molar-refractivity contribution is 5.40. The highest BCUT2D eigenvalue weighted by Gasteiger charge is 2.34. The Hall–Kier alpha value is -1.12. The summed E-state index contributed by atoms with van der Waals surface area (Å²) in [5.41, 5.74) is 6.89. The molecule has 1 unspecified atom stereocenters. The van der Waals surface area contributed by atoms with Crippen molar-refractivity contribution in [1.82, 2.24) is 0 Å². The zero-order valence-corrected chi connectivity index (χ0v) is 8.50. The number of benzene rings is 1. The van der Waals surface area contributed by atoms with Gasteiger partial charge in [0.05, 0.1) is 0 Å². The molecule has 1 atom stereocenters. The maximum Gasteiger partial charge on any atom is 0.245 e. The number of anilines is 1. The van der Waals surface area contributed by atoms with Gasteiger partial charge in [-0.2, -0.15) is 0 Å². The van der Waals surface area contributed by atoms with E-state index in [0.717, 1.165) is 24.8 Å². The van der Waals surface area contributed by atoms with E-state index in [1.165, 1.54) is 0 Å². The standard InChI is InChI=1S/C12H15F2N/c13-12(14)11(8-2-1-3-8)9-4-6-10(15)7-5-9/h4-8,11-12H,1-3,15H2. The van der Waals surface area contributed by atoms with Crippen molar-refractivity contribution in [3.05, 3.63) is 29.8 Å². The summed E-state index contributed by atoms with van der Waals surface area (Å²) in [6.07, 6.45) is 0.681. The van der Waals surface area contributed by atoms with Gasteiger partial charge in [0.2, 0.25) is 6.43 Å². The van der Waals surface area contributed by atoms with E-state index >= 15 is 0 Å². The Morgan fingerprint density at radius 3 is 2.13 bits per heavy atom. The Morgan fingerprint density at radius 2 is 1.73 bits per heavy atom. The lowest BCUT2D eigenvalue weighted by Gasteiger charge is -2.33. The lowest BCUT2D eigenvalue weighted by molar-refractivity contribution is 0.0617. The van der Waals surface area contributed by atoms with Crippen LogP contribution in [0.2, 0.25) is 0 Å². The molecule has 0 amide bonds. The van der Waals surface area contributed by atoms with Crippen LogP contribution in [0.1, 0.15) is 30.7 Å². The van der Waals surface area contributed by atoms with Crippen LogP contribution in [0.4, 0.5) is 14.5 Å². The SMILES string of the molecule is Nc1ccc(C(C(F)F)C2CCC2)cc1. The van der Waals surface area contributed by atoms with Crippen molar-refractivity contribution in [2.24, 2.45) is 5.92 Å². The molecule has 0 aliphatic heterocycles. The molecule has 1 aromatic rings. The highest BCUT2D eigenvalue weighted by Crippen LogP contribution is 2.42. The summed E-state index contributed by atoms with van der Waals surface area (Å²) in [4.78, 5) is 0. The van der Waals surface area contributed by atoms with Crippen LogP contribution >= 0.6 is 0 Å². The average Bonchev–Trinajstić information content (AvgIpc) is 2.12. The van der Waals surface area contributed by atoms with Crippen LogP contribution in [0.15, 0.2) is 24.3 Å². The first-order chi connectivity index (χ1) is 7.18. The van der Waals surface area contributed by atoms with Crippen molar-refractivity contribution in [2.75, 3.05) is 5.73 Å². The number of rotatable bonds is 3. The Kier molecular flexibility index (Phi) is 2.89. The van der Waals surface area contributed by atoms with E-state index in [-0.39, 0.29) is 5.92 Å². The minimum Gasteiger partial charge on any atom is -0.399 e. The fraction of sp³-hybridized carbons (Fsp3) is 0.500. The van der Waals surface area contributed by atoms with Crippen molar-refractivity contribution in [1.29, 1.82) is 0 Å². The van der Waals surface area contributed by atoms with Crippen molar-refractivity contribution < 1.29 is 8.78 Å². The van der Waals surface area contributed by atoms with Crippen molar-refractivity contribution in [2.45, 2.75) is 31.6 Å². The van der Waals surface area contributed by atoms with Crippen molar-refractivity contribution in [3.8, 4) is 0 Å². The molecule has 0 saturated heterocycles. The predicted molar refractivity (Wildman–Crippen MR) is 56.9 cm³/mol. The third-order valence-corrected chi connectivity index (χ3v) is 3.25. The Balaban J connectivity index is 2.19. The van der Waals surface area contributed by atoms with Crippen molar-refractivity contribution >= 4 is 5.69 Å². The third-order valence-electron chi connectivity index (χ3n) is 3.25. The maximum atomic E-state index is 12.9. The first-order valence-electron chi connectivity index (χ1n) is 5.32. The van der Waals surface area contributed by atoms with Crippen LogP contribution in [0.3, 0.4) is 0 Å². The van der Waals surface area contributed by atoms with Crippen LogP contribution in [0.5, 0.6) is 0 Å². The average molecular weight is 211 g/mol. The second-order valence-corrected chi connectivity index (χ2v) is 4.22. The fourth-order valence-corrected chi connectivity index (χ4v) is 2.14. The van der Waals surface area contributed by atoms with E-state index in [0.29, 0.717) is 5.69 Å². The van der Waals surface area contributed by atoms with Crippen LogP contribution in [0.25, 0.3) is 0 Å². The molecule has 2 N–H and O–H groups in total. The molecule has 0 heterocycles. The minimum absolute atomic E-state index is 0.161. The maximum absolute atomic E-state index is 12.9. The highest BCUT2D eigenvalue weighted by atomic mass is 19.3. The quantitative estimate of drug-likeness (QED) is 0.762. The molecule has 3 heteroatoms. The lowest BCUT2D eigenvalue weighted by Crippen LogP contribution is -2.25. The summed E-state index contributed by atoms with van der Waals surface area (Å²) >= 11 is 0. The van der Waals surface area contributed by atoms with Gasteiger partial charge in [-0.15, -0.1) is 0 Å². The van der Waals surface area contributed by atoms with E-state index in [1.807, 2.05) is 0 Å². The molecular weight excluding hydrogens is 196 g/mol. The molecule has 1 aliphatic rings. The summed E-state index contributed by atoms with van der Waals surface area (Å²) in [6, 6.07) is 6.85. The van der Waals surface area contributed by atoms with Gasteiger partial charge in [0.15, 0.2) is 0 Å². The second-order valence-electron chi connectivity index (χ2n) is 4.22. The third kappa shape index (κ3) is 2.11. The first-order valence-corrected chi connectivity index (χ1v) is 5.32. The smallest absolute Gasteiger partial charge is 0.245 e. The monoisotopic (exact) mass is 211 g/mol. The topological polar surface area (TPSA) is 26.0 Å². The summed E-state index contributed by atoms with van der Waals surface area (Å²) in [6.45, 7) is 0. The molecule has 0 spiro atoms. The summed E-state index contributed by atoms with van der Waals surface area (Å²) in [5.74, 6) is -0.437. The molecule has 1 aliphatic carbocycles. The van der Waals surface area contributed by atoms with Gasteiger partial charge in [0, 0.05) is 11.6 Å². The zero-order valence-electron chi connectivity index (χ0n) is 8.50. The second kappa shape index (κ2) is 4.17. The molecule has 0 aromatic heterocycles. The van der Waals surface area contributed by atoms with Crippen molar-refractivity contribution in [3.63, 3.8) is 0 Å². The van der Waals surface area contributed by atoms with E-state index in [9.17, 15) is 8.78 Å². The number of nitrogens with two attached hydrogens (primary N) is 1. The van der Waals surface area contributed by atoms with Gasteiger partial charge in [-0.25, -0.2) is 8.78 Å². The normalized spacial score (nSPS) is 18.9. The van der Waals surface area contributed by atoms with Crippen LogP contribution in [-0.4, -0.2) is 6.43 Å². The summed E-state index contributed by atoms with van der Waals surface area (Å²) in [5, 5.41) is 0. The molecular formula is C12H15F2N. The molecule has 15 heavy (non-hydrogen) atoms. The number of alkyl halides is 2. The Labute approximate surface area is 88.3 Å². The van der Waals surface area contributed by atoms with Gasteiger partial charge >= 0.3 is 0 Å². The molecule has 1 nitrogen and oxygen atoms in total. The Bertz CT molecular complexity index is 317. The molecule has 2 rings (SSSR count). The minimum atomic E-state index is -2.26. The zero-order chi connectivity index (χ0) is 10.8. The van der Waals surface area contributed by atoms with E-state index in [2.05, 4.69) is 0 Å². The van der Waals surface area contributed by atoms with Gasteiger partial charge in [0.1, 0.15) is 0 Å². The first kappa shape index (κ1) is 10.4. The Morgan fingerprint density at radius 1 is 1.13 bits per heavy atom. The molecule has 1 saturated carbocycles. The number of nitrogen functional groups attached to an aromatic ring is 1. The predicted octanol–water partition coefficient (Wildman–Crippen LogP) is 3.42. The van der Waals surface area contributed by atoms with Gasteiger partial charge < -0.3 is 5.73 Å². The molecule has 1 fully saturated rings. The van der Waals surface area contributed by atoms with Crippen LogP contribution in [-0.2, 0) is 0 Å². The molecule has 82 valence electrons. The molecule has 0 bridgehead atoms. The van der Waals surface area contributed by atoms with Gasteiger partial charge in [-0.05, 0) is 36.5 Å². The summed E-state index contributed by atoms with van der Waals surface area (Å²) < 4.78 is 25.9. The number of halogens is 2. The largest absolute Gasteiger partial charge is 0.399 e. The van der Waals surface area contributed by atoms with Crippen LogP contribution in [0, 0.1) is 5.92 Å². The van der Waals surface area contributed by atoms with E-state index in [1.54, 1.807) is 24.3 Å². The number of hydrogen-bond acceptors (Lipinski definition) is 1. The van der Waals surface area contributed by atoms with Gasteiger partial charge in [0.25, 0.3) is 0 Å². The van der Waals surface area contributed by atoms with E-state index < -0.39 is 12.3 Å². The van der Waals surface area contributed by atoms with Crippen LogP contribution < -0.4 is 5.73 Å². The molecule has 1 aromatic carbocycles. The van der Waals surface area contributed by atoms with Gasteiger partial charge in [-0.3, -0.25) is 0 Å². The lowest BCUT2D eigenvalue weighted by atomic mass is 9.73. The summed E-state index contributed by atoms with van der Waals surface area (Å²) in [7, 11) is 0. The number of hydrogen-bond donors (Lipinski definition) is 1. The van der Waals surface area contributed by atoms with Gasteiger partial charge in [-0.1, -0.05) is 18.6 Å². The fourth-order valence-electron chi connectivity index (χ4n) is 2.14. The molecule has 0 radical (unpaired) electrons.